The summed E-state index contributed by atoms with van der Waals surface area (Å²) >= 11 is 0. The monoisotopic (exact) mass is 356 g/mol. The second-order valence-electron chi connectivity index (χ2n) is 5.67. The van der Waals surface area contributed by atoms with E-state index in [9.17, 15) is 9.59 Å². The molecule has 2 amide bonds. The zero-order chi connectivity index (χ0) is 18.9. The number of carbonyl (C=O) groups is 2. The number of hydrogen-bond donors (Lipinski definition) is 2. The molecule has 0 saturated carbocycles. The molecule has 2 rings (SSSR count). The molecule has 0 atom stereocenters. The van der Waals surface area contributed by atoms with E-state index in [0.29, 0.717) is 29.4 Å². The molecule has 2 N–H and O–H groups in total. The van der Waals surface area contributed by atoms with Crippen LogP contribution in [0.5, 0.6) is 11.5 Å². The molecule has 0 bridgehead atoms. The number of rotatable bonds is 8. The van der Waals surface area contributed by atoms with E-state index in [1.54, 1.807) is 31.4 Å². The first-order chi connectivity index (χ1) is 12.5. The fourth-order valence-corrected chi connectivity index (χ4v) is 2.46. The average molecular weight is 356 g/mol. The maximum atomic E-state index is 12.1. The van der Waals surface area contributed by atoms with Crippen molar-refractivity contribution in [3.63, 3.8) is 0 Å². The molecule has 0 unspecified atom stereocenters. The highest BCUT2D eigenvalue weighted by atomic mass is 16.5. The minimum Gasteiger partial charge on any atom is -0.493 e. The quantitative estimate of drug-likeness (QED) is 0.762. The molecule has 0 aliphatic heterocycles. The Morgan fingerprint density at radius 2 is 1.85 bits per heavy atom. The van der Waals surface area contributed by atoms with Gasteiger partial charge in [-0.25, -0.2) is 0 Å². The van der Waals surface area contributed by atoms with Gasteiger partial charge in [-0.05, 0) is 37.6 Å². The maximum absolute atomic E-state index is 12.1. The van der Waals surface area contributed by atoms with Gasteiger partial charge in [-0.15, -0.1) is 0 Å². The molecule has 138 valence electrons. The topological polar surface area (TPSA) is 76.7 Å². The van der Waals surface area contributed by atoms with Crippen molar-refractivity contribution in [1.82, 2.24) is 5.32 Å². The largest absolute Gasteiger partial charge is 0.493 e. The average Bonchev–Trinajstić information content (AvgIpc) is 2.63. The highest BCUT2D eigenvalue weighted by Gasteiger charge is 2.10. The van der Waals surface area contributed by atoms with E-state index in [1.165, 1.54) is 0 Å². The lowest BCUT2D eigenvalue weighted by atomic mass is 10.1. The summed E-state index contributed by atoms with van der Waals surface area (Å²) < 4.78 is 10.7. The number of carbonyl (C=O) groups excluding carboxylic acids is 2. The van der Waals surface area contributed by atoms with Gasteiger partial charge < -0.3 is 20.1 Å². The van der Waals surface area contributed by atoms with Crippen LogP contribution in [0.25, 0.3) is 0 Å². The van der Waals surface area contributed by atoms with Crippen molar-refractivity contribution >= 4 is 17.5 Å². The van der Waals surface area contributed by atoms with Gasteiger partial charge in [0.2, 0.25) is 5.91 Å². The highest BCUT2D eigenvalue weighted by Crippen LogP contribution is 2.30. The fraction of sp³-hybridized carbons (Fsp3) is 0.300. The lowest BCUT2D eigenvalue weighted by molar-refractivity contribution is -0.116. The standard InChI is InChI=1S/C20H24N2O4/c1-4-26-17-10-9-15(13-18(17)25-3)22-19(23)11-12-21-20(24)16-8-6-5-7-14(16)2/h5-10,13H,4,11-12H2,1-3H3,(H,21,24)(H,22,23). The third kappa shape index (κ3) is 5.24. The van der Waals surface area contributed by atoms with Gasteiger partial charge in [0.05, 0.1) is 13.7 Å². The summed E-state index contributed by atoms with van der Waals surface area (Å²) in [5.74, 6) is 0.802. The number of nitrogens with one attached hydrogen (secondary N) is 2. The molecule has 0 heterocycles. The Hall–Kier alpha value is -3.02. The Balaban J connectivity index is 1.85. The molecule has 2 aromatic rings. The second kappa shape index (κ2) is 9.46. The van der Waals surface area contributed by atoms with Crippen molar-refractivity contribution in [2.45, 2.75) is 20.3 Å². The van der Waals surface area contributed by atoms with Crippen LogP contribution in [0.15, 0.2) is 42.5 Å². The molecule has 0 radical (unpaired) electrons. The predicted octanol–water partition coefficient (Wildman–Crippen LogP) is 3.16. The number of anilines is 1. The Bertz CT molecular complexity index is 774. The molecular formula is C20H24N2O4. The number of hydrogen-bond acceptors (Lipinski definition) is 4. The van der Waals surface area contributed by atoms with Gasteiger partial charge in [-0.1, -0.05) is 18.2 Å². The first kappa shape index (κ1) is 19.3. The Morgan fingerprint density at radius 1 is 1.08 bits per heavy atom. The molecule has 2 aromatic carbocycles. The normalized spacial score (nSPS) is 10.1. The van der Waals surface area contributed by atoms with Crippen LogP contribution in [-0.2, 0) is 4.79 Å². The summed E-state index contributed by atoms with van der Waals surface area (Å²) in [6, 6.07) is 12.5. The van der Waals surface area contributed by atoms with Crippen molar-refractivity contribution in [3.05, 3.63) is 53.6 Å². The smallest absolute Gasteiger partial charge is 0.251 e. The van der Waals surface area contributed by atoms with Gasteiger partial charge in [0.15, 0.2) is 11.5 Å². The summed E-state index contributed by atoms with van der Waals surface area (Å²) in [5.41, 5.74) is 2.13. The Kier molecular flexibility index (Phi) is 7.02. The third-order valence-electron chi connectivity index (χ3n) is 3.77. The van der Waals surface area contributed by atoms with Crippen molar-refractivity contribution in [2.75, 3.05) is 25.6 Å². The maximum Gasteiger partial charge on any atom is 0.251 e. The Morgan fingerprint density at radius 3 is 2.54 bits per heavy atom. The highest BCUT2D eigenvalue weighted by molar-refractivity contribution is 5.96. The minimum atomic E-state index is -0.193. The lowest BCUT2D eigenvalue weighted by Crippen LogP contribution is -2.28. The minimum absolute atomic E-state index is 0.174. The zero-order valence-electron chi connectivity index (χ0n) is 15.3. The zero-order valence-corrected chi connectivity index (χ0v) is 15.3. The summed E-state index contributed by atoms with van der Waals surface area (Å²) in [5, 5.41) is 5.55. The first-order valence-electron chi connectivity index (χ1n) is 8.49. The van der Waals surface area contributed by atoms with Crippen molar-refractivity contribution in [3.8, 4) is 11.5 Å². The molecule has 0 fully saturated rings. The number of ether oxygens (including phenoxy) is 2. The van der Waals surface area contributed by atoms with Crippen molar-refractivity contribution in [1.29, 1.82) is 0 Å². The molecule has 6 nitrogen and oxygen atoms in total. The van der Waals surface area contributed by atoms with Gasteiger partial charge in [-0.3, -0.25) is 9.59 Å². The van der Waals surface area contributed by atoms with E-state index in [1.807, 2.05) is 32.0 Å². The van der Waals surface area contributed by atoms with Gasteiger partial charge >= 0.3 is 0 Å². The molecule has 0 aliphatic rings. The first-order valence-corrected chi connectivity index (χ1v) is 8.49. The van der Waals surface area contributed by atoms with E-state index in [2.05, 4.69) is 10.6 Å². The van der Waals surface area contributed by atoms with Crippen LogP contribution in [-0.4, -0.2) is 32.1 Å². The molecule has 0 aromatic heterocycles. The Labute approximate surface area is 153 Å². The molecule has 26 heavy (non-hydrogen) atoms. The number of benzene rings is 2. The van der Waals surface area contributed by atoms with Crippen LogP contribution in [0.2, 0.25) is 0 Å². The predicted molar refractivity (Wildman–Crippen MR) is 101 cm³/mol. The molecule has 6 heteroatoms. The van der Waals surface area contributed by atoms with E-state index in [0.717, 1.165) is 5.56 Å². The van der Waals surface area contributed by atoms with E-state index in [-0.39, 0.29) is 24.8 Å². The fourth-order valence-electron chi connectivity index (χ4n) is 2.46. The summed E-state index contributed by atoms with van der Waals surface area (Å²) in [7, 11) is 1.55. The van der Waals surface area contributed by atoms with Gasteiger partial charge in [0.25, 0.3) is 5.91 Å². The van der Waals surface area contributed by atoms with Crippen LogP contribution in [0.1, 0.15) is 29.3 Å². The molecule has 0 saturated heterocycles. The van der Waals surface area contributed by atoms with E-state index in [4.69, 9.17) is 9.47 Å². The summed E-state index contributed by atoms with van der Waals surface area (Å²) in [4.78, 5) is 24.2. The van der Waals surface area contributed by atoms with Crippen LogP contribution in [0.4, 0.5) is 5.69 Å². The van der Waals surface area contributed by atoms with Gasteiger partial charge in [-0.2, -0.15) is 0 Å². The van der Waals surface area contributed by atoms with E-state index < -0.39 is 0 Å². The van der Waals surface area contributed by atoms with Gasteiger partial charge in [0, 0.05) is 30.3 Å². The number of aryl methyl sites for hydroxylation is 1. The van der Waals surface area contributed by atoms with Crippen molar-refractivity contribution in [2.24, 2.45) is 0 Å². The summed E-state index contributed by atoms with van der Waals surface area (Å²) in [6.07, 6.45) is 0.174. The molecule has 0 spiro atoms. The SMILES string of the molecule is CCOc1ccc(NC(=O)CCNC(=O)c2ccccc2C)cc1OC. The van der Waals surface area contributed by atoms with Crippen LogP contribution >= 0.6 is 0 Å². The van der Waals surface area contributed by atoms with Crippen molar-refractivity contribution < 1.29 is 19.1 Å². The van der Waals surface area contributed by atoms with Gasteiger partial charge in [0.1, 0.15) is 0 Å². The van der Waals surface area contributed by atoms with Crippen LogP contribution in [0, 0.1) is 6.92 Å². The van der Waals surface area contributed by atoms with Crippen LogP contribution in [0.3, 0.4) is 0 Å². The third-order valence-corrected chi connectivity index (χ3v) is 3.77. The molecule has 0 aliphatic carbocycles. The van der Waals surface area contributed by atoms with E-state index >= 15 is 0 Å². The number of amides is 2. The summed E-state index contributed by atoms with van der Waals surface area (Å²) in [6.45, 7) is 4.55. The second-order valence-corrected chi connectivity index (χ2v) is 5.67. The lowest BCUT2D eigenvalue weighted by Gasteiger charge is -2.12. The van der Waals surface area contributed by atoms with Crippen LogP contribution < -0.4 is 20.1 Å². The number of methoxy groups -OCH3 is 1. The molecular weight excluding hydrogens is 332 g/mol.